The SMILES string of the molecule is O=C1NC2(CCC2)COc2ncc(F)cc2CN2c3nc4c1cnn4cc3O[C@H]1CCC[C@H]12. The fourth-order valence-corrected chi connectivity index (χ4v) is 5.57. The number of hydrogen-bond acceptors (Lipinski definition) is 7. The first-order chi connectivity index (χ1) is 16.1. The second-order valence-corrected chi connectivity index (χ2v) is 9.53. The summed E-state index contributed by atoms with van der Waals surface area (Å²) in [4.78, 5) is 24.5. The molecule has 2 fully saturated rings. The monoisotopic (exact) mass is 450 g/mol. The lowest BCUT2D eigenvalue weighted by Gasteiger charge is -2.42. The Kier molecular flexibility index (Phi) is 3.92. The molecular formula is C23H23FN6O3. The van der Waals surface area contributed by atoms with Gasteiger partial charge in [-0.3, -0.25) is 4.79 Å². The van der Waals surface area contributed by atoms with Crippen LogP contribution in [0.2, 0.25) is 0 Å². The van der Waals surface area contributed by atoms with Gasteiger partial charge in [-0.25, -0.2) is 18.9 Å². The number of anilines is 1. The third kappa shape index (κ3) is 2.89. The summed E-state index contributed by atoms with van der Waals surface area (Å²) in [5, 5.41) is 7.52. The number of rotatable bonds is 0. The summed E-state index contributed by atoms with van der Waals surface area (Å²) in [6.07, 6.45) is 10.1. The number of aromatic nitrogens is 4. The number of halogens is 1. The van der Waals surface area contributed by atoms with E-state index in [9.17, 15) is 9.18 Å². The van der Waals surface area contributed by atoms with Crippen LogP contribution in [0.15, 0.2) is 24.7 Å². The number of nitrogens with one attached hydrogen (secondary N) is 1. The van der Waals surface area contributed by atoms with Crippen molar-refractivity contribution >= 4 is 17.4 Å². The van der Waals surface area contributed by atoms with Crippen LogP contribution in [0.1, 0.15) is 54.4 Å². The lowest BCUT2D eigenvalue weighted by atomic mass is 9.77. The molecular weight excluding hydrogens is 427 g/mol. The number of hydrogen-bond donors (Lipinski definition) is 1. The standard InChI is InChI=1S/C23H23FN6O3/c24-14-7-13-10-29-16-3-1-4-17(16)33-18-11-30-19(27-20(18)29)15(9-26-30)21(31)28-23(5-2-6-23)12-32-22(13)25-8-14/h7-9,11,16-17H,1-6,10,12H2,(H,28,31)/t16-,17+/m1/s1. The molecule has 3 aromatic heterocycles. The molecule has 2 aliphatic heterocycles. The smallest absolute Gasteiger partial charge is 0.257 e. The predicted octanol–water partition coefficient (Wildman–Crippen LogP) is 2.63. The first-order valence-corrected chi connectivity index (χ1v) is 11.5. The summed E-state index contributed by atoms with van der Waals surface area (Å²) in [6.45, 7) is 0.666. The molecule has 170 valence electrons. The van der Waals surface area contributed by atoms with Gasteiger partial charge >= 0.3 is 0 Å². The molecule has 2 aliphatic carbocycles. The Hall–Kier alpha value is -3.43. The molecule has 4 aliphatic rings. The maximum absolute atomic E-state index is 14.3. The summed E-state index contributed by atoms with van der Waals surface area (Å²) in [7, 11) is 0. The van der Waals surface area contributed by atoms with E-state index < -0.39 is 11.4 Å². The Balaban J connectivity index is 1.43. The van der Waals surface area contributed by atoms with Crippen molar-refractivity contribution in [1.82, 2.24) is 24.9 Å². The number of carbonyl (C=O) groups is 1. The number of nitrogens with zero attached hydrogens (tertiary/aromatic N) is 5. The molecule has 0 radical (unpaired) electrons. The minimum absolute atomic E-state index is 0.0231. The summed E-state index contributed by atoms with van der Waals surface area (Å²) in [5.41, 5.74) is 1.06. The minimum Gasteiger partial charge on any atom is -0.483 e. The molecule has 7 rings (SSSR count). The lowest BCUT2D eigenvalue weighted by Crippen LogP contribution is -2.57. The van der Waals surface area contributed by atoms with Gasteiger partial charge in [0, 0.05) is 5.56 Å². The van der Waals surface area contributed by atoms with Gasteiger partial charge in [-0.15, -0.1) is 0 Å². The molecule has 5 heterocycles. The summed E-state index contributed by atoms with van der Waals surface area (Å²) in [6, 6.07) is 1.59. The Morgan fingerprint density at radius 3 is 2.97 bits per heavy atom. The maximum atomic E-state index is 14.3. The van der Waals surface area contributed by atoms with Gasteiger partial charge in [-0.1, -0.05) is 0 Å². The molecule has 10 heteroatoms. The van der Waals surface area contributed by atoms with E-state index in [1.54, 1.807) is 16.9 Å². The van der Waals surface area contributed by atoms with Crippen molar-refractivity contribution in [3.63, 3.8) is 0 Å². The molecule has 0 saturated heterocycles. The summed E-state index contributed by atoms with van der Waals surface area (Å²) in [5.74, 6) is 0.995. The number of pyridine rings is 1. The quantitative estimate of drug-likeness (QED) is 0.563. The van der Waals surface area contributed by atoms with Crippen LogP contribution < -0.4 is 19.7 Å². The summed E-state index contributed by atoms with van der Waals surface area (Å²) < 4.78 is 28.3. The van der Waals surface area contributed by atoms with E-state index in [0.29, 0.717) is 40.8 Å². The fourth-order valence-electron chi connectivity index (χ4n) is 5.57. The predicted molar refractivity (Wildman–Crippen MR) is 115 cm³/mol. The van der Waals surface area contributed by atoms with Gasteiger partial charge in [0.05, 0.1) is 36.7 Å². The van der Waals surface area contributed by atoms with E-state index in [1.807, 2.05) is 0 Å². The average Bonchev–Trinajstić information content (AvgIpc) is 3.41. The summed E-state index contributed by atoms with van der Waals surface area (Å²) >= 11 is 0. The highest BCUT2D eigenvalue weighted by Crippen LogP contribution is 2.43. The first kappa shape index (κ1) is 19.1. The molecule has 33 heavy (non-hydrogen) atoms. The lowest BCUT2D eigenvalue weighted by molar-refractivity contribution is 0.0682. The zero-order chi connectivity index (χ0) is 22.2. The minimum atomic E-state index is -0.483. The van der Waals surface area contributed by atoms with Crippen molar-refractivity contribution in [1.29, 1.82) is 0 Å². The third-order valence-electron chi connectivity index (χ3n) is 7.46. The first-order valence-electron chi connectivity index (χ1n) is 11.5. The van der Waals surface area contributed by atoms with E-state index in [0.717, 1.165) is 38.5 Å². The van der Waals surface area contributed by atoms with Crippen molar-refractivity contribution in [2.75, 3.05) is 11.5 Å². The average molecular weight is 450 g/mol. The van der Waals surface area contributed by atoms with Crippen LogP contribution in [0.3, 0.4) is 0 Å². The Labute approximate surface area is 188 Å². The molecule has 0 unspecified atom stereocenters. The van der Waals surface area contributed by atoms with Crippen LogP contribution in [-0.4, -0.2) is 49.8 Å². The van der Waals surface area contributed by atoms with Crippen molar-refractivity contribution in [2.24, 2.45) is 0 Å². The largest absolute Gasteiger partial charge is 0.483 e. The zero-order valence-electron chi connectivity index (χ0n) is 18.0. The molecule has 2 saturated carbocycles. The Bertz CT molecular complexity index is 1290. The van der Waals surface area contributed by atoms with E-state index in [1.165, 1.54) is 12.3 Å². The Morgan fingerprint density at radius 2 is 2.12 bits per heavy atom. The maximum Gasteiger partial charge on any atom is 0.257 e. The van der Waals surface area contributed by atoms with Gasteiger partial charge in [0.1, 0.15) is 24.1 Å². The van der Waals surface area contributed by atoms with Gasteiger partial charge < -0.3 is 19.7 Å². The van der Waals surface area contributed by atoms with Crippen LogP contribution in [0.4, 0.5) is 10.2 Å². The van der Waals surface area contributed by atoms with Gasteiger partial charge in [0.25, 0.3) is 5.91 Å². The molecule has 2 atom stereocenters. The number of ether oxygens (including phenoxy) is 2. The normalized spacial score (nSPS) is 25.1. The van der Waals surface area contributed by atoms with E-state index in [2.05, 4.69) is 20.3 Å². The molecule has 2 bridgehead atoms. The second-order valence-electron chi connectivity index (χ2n) is 9.53. The van der Waals surface area contributed by atoms with Gasteiger partial charge in [0.2, 0.25) is 5.88 Å². The highest BCUT2D eigenvalue weighted by Gasteiger charge is 2.43. The molecule has 1 spiro atoms. The van der Waals surface area contributed by atoms with Crippen molar-refractivity contribution in [3.8, 4) is 11.6 Å². The van der Waals surface area contributed by atoms with Gasteiger partial charge in [-0.2, -0.15) is 5.10 Å². The fraction of sp³-hybridized carbons (Fsp3) is 0.478. The number of carbonyl (C=O) groups excluding carboxylic acids is 1. The third-order valence-corrected chi connectivity index (χ3v) is 7.46. The van der Waals surface area contributed by atoms with Gasteiger partial charge in [0.15, 0.2) is 17.2 Å². The Morgan fingerprint density at radius 1 is 1.21 bits per heavy atom. The van der Waals surface area contributed by atoms with E-state index >= 15 is 0 Å². The van der Waals surface area contributed by atoms with Crippen LogP contribution in [0, 0.1) is 5.82 Å². The van der Waals surface area contributed by atoms with Crippen LogP contribution in [-0.2, 0) is 6.54 Å². The topological polar surface area (TPSA) is 93.9 Å². The van der Waals surface area contributed by atoms with Crippen LogP contribution in [0.25, 0.3) is 5.65 Å². The molecule has 0 aromatic carbocycles. The second kappa shape index (κ2) is 6.79. The van der Waals surface area contributed by atoms with Gasteiger partial charge in [-0.05, 0) is 44.6 Å². The van der Waals surface area contributed by atoms with Crippen LogP contribution >= 0.6 is 0 Å². The molecule has 1 amide bonds. The van der Waals surface area contributed by atoms with Crippen molar-refractivity contribution in [2.45, 2.75) is 62.8 Å². The molecule has 9 nitrogen and oxygen atoms in total. The highest BCUT2D eigenvalue weighted by molar-refractivity contribution is 6.00. The number of amides is 1. The van der Waals surface area contributed by atoms with E-state index in [-0.39, 0.29) is 24.7 Å². The zero-order valence-corrected chi connectivity index (χ0v) is 18.0. The number of fused-ring (bicyclic) bond motifs is 3. The van der Waals surface area contributed by atoms with Crippen molar-refractivity contribution in [3.05, 3.63) is 41.6 Å². The van der Waals surface area contributed by atoms with E-state index in [4.69, 9.17) is 14.5 Å². The molecule has 1 N–H and O–H groups in total. The highest BCUT2D eigenvalue weighted by atomic mass is 19.1. The van der Waals surface area contributed by atoms with Crippen molar-refractivity contribution < 1.29 is 18.7 Å². The molecule has 3 aromatic rings. The van der Waals surface area contributed by atoms with Crippen LogP contribution in [0.5, 0.6) is 11.6 Å².